The molecule has 3 aromatic carbocycles. The zero-order valence-electron chi connectivity index (χ0n) is 25.5. The SMILES string of the molecule is COc1ccc(C2(c3ccc(N4CCOCC4)cc3)OC3C4=CC=COC4=c4ccccc4=C3C3=C2C=CCC3(C)C)cc1. The fraction of sp³-hybridized carbons (Fsp3) is 0.282. The van der Waals surface area contributed by atoms with Crippen LogP contribution in [0.5, 0.6) is 5.75 Å². The van der Waals surface area contributed by atoms with Crippen LogP contribution in [0.1, 0.15) is 31.4 Å². The Bertz CT molecular complexity index is 1870. The summed E-state index contributed by atoms with van der Waals surface area (Å²) in [6, 6.07) is 26.0. The summed E-state index contributed by atoms with van der Waals surface area (Å²) >= 11 is 0. The van der Waals surface area contributed by atoms with Crippen LogP contribution >= 0.6 is 0 Å². The van der Waals surface area contributed by atoms with Crippen molar-refractivity contribution >= 4 is 17.0 Å². The van der Waals surface area contributed by atoms with Crippen molar-refractivity contribution in [2.75, 3.05) is 38.3 Å². The molecule has 0 saturated carbocycles. The standard InChI is InChI=1S/C39H37NO4/c1-38(2)20-6-11-33-35(38)34-30-8-4-5-9-31(30)36-32(10-7-23-43-36)37(34)44-39(33,27-14-18-29(41-3)19-15-27)26-12-16-28(17-13-26)40-21-24-42-25-22-40/h4-19,23,37H,20-22,24-25H2,1-3H3. The Morgan fingerprint density at radius 2 is 1.57 bits per heavy atom. The van der Waals surface area contributed by atoms with Crippen molar-refractivity contribution in [2.24, 2.45) is 5.41 Å². The van der Waals surface area contributed by atoms with Crippen LogP contribution in [0, 0.1) is 5.41 Å². The van der Waals surface area contributed by atoms with Gasteiger partial charge in [0.15, 0.2) is 0 Å². The number of fused-ring (bicyclic) bond motifs is 5. The van der Waals surface area contributed by atoms with Crippen LogP contribution in [0.25, 0.3) is 11.3 Å². The number of hydrogen-bond donors (Lipinski definition) is 0. The van der Waals surface area contributed by atoms with Gasteiger partial charge in [-0.2, -0.15) is 0 Å². The molecule has 5 aliphatic rings. The van der Waals surface area contributed by atoms with Gasteiger partial charge in [0.05, 0.1) is 26.6 Å². The van der Waals surface area contributed by atoms with Crippen LogP contribution < -0.4 is 20.1 Å². The number of ether oxygens (including phenoxy) is 4. The lowest BCUT2D eigenvalue weighted by Crippen LogP contribution is -2.51. The van der Waals surface area contributed by atoms with Crippen LogP contribution in [0.15, 0.2) is 120 Å². The monoisotopic (exact) mass is 583 g/mol. The first-order chi connectivity index (χ1) is 21.5. The molecular weight excluding hydrogens is 546 g/mol. The molecule has 0 amide bonds. The molecule has 5 nitrogen and oxygen atoms in total. The van der Waals surface area contributed by atoms with Gasteiger partial charge in [0.1, 0.15) is 23.2 Å². The zero-order valence-corrected chi connectivity index (χ0v) is 25.5. The van der Waals surface area contributed by atoms with Crippen molar-refractivity contribution in [3.63, 3.8) is 0 Å². The summed E-state index contributed by atoms with van der Waals surface area (Å²) in [5.41, 5.74) is 7.22. The molecule has 8 rings (SSSR count). The van der Waals surface area contributed by atoms with Gasteiger partial charge in [-0.1, -0.05) is 74.5 Å². The molecule has 5 heteroatoms. The quantitative estimate of drug-likeness (QED) is 0.383. The van der Waals surface area contributed by atoms with E-state index in [1.807, 2.05) is 18.2 Å². The Labute approximate surface area is 258 Å². The topological polar surface area (TPSA) is 40.2 Å². The fourth-order valence-corrected chi connectivity index (χ4v) is 7.65. The summed E-state index contributed by atoms with van der Waals surface area (Å²) in [4.78, 5) is 2.39. The highest BCUT2D eigenvalue weighted by atomic mass is 16.5. The van der Waals surface area contributed by atoms with Gasteiger partial charge in [-0.3, -0.25) is 0 Å². The number of benzene rings is 3. The Balaban J connectivity index is 1.44. The third kappa shape index (κ3) is 4.06. The highest BCUT2D eigenvalue weighted by Crippen LogP contribution is 2.58. The summed E-state index contributed by atoms with van der Waals surface area (Å²) < 4.78 is 25.1. The van der Waals surface area contributed by atoms with Gasteiger partial charge in [0.2, 0.25) is 0 Å². The van der Waals surface area contributed by atoms with Crippen molar-refractivity contribution in [3.8, 4) is 5.75 Å². The maximum Gasteiger partial charge on any atom is 0.145 e. The molecule has 2 atom stereocenters. The van der Waals surface area contributed by atoms with Crippen molar-refractivity contribution in [1.82, 2.24) is 0 Å². The third-order valence-electron chi connectivity index (χ3n) is 9.76. The number of nitrogens with zero attached hydrogens (tertiary/aromatic N) is 1. The molecule has 1 fully saturated rings. The zero-order chi connectivity index (χ0) is 29.9. The molecular formula is C39H37NO4. The van der Waals surface area contributed by atoms with Gasteiger partial charge < -0.3 is 23.8 Å². The summed E-state index contributed by atoms with van der Waals surface area (Å²) in [6.45, 7) is 8.04. The number of allylic oxidation sites excluding steroid dienone is 3. The van der Waals surface area contributed by atoms with Gasteiger partial charge in [-0.15, -0.1) is 0 Å². The lowest BCUT2D eigenvalue weighted by atomic mass is 9.62. The van der Waals surface area contributed by atoms with Gasteiger partial charge in [0.25, 0.3) is 0 Å². The number of hydrogen-bond acceptors (Lipinski definition) is 5. The molecule has 3 heterocycles. The third-order valence-corrected chi connectivity index (χ3v) is 9.76. The smallest absolute Gasteiger partial charge is 0.145 e. The van der Waals surface area contributed by atoms with Crippen LogP contribution in [-0.4, -0.2) is 39.5 Å². The highest BCUT2D eigenvalue weighted by Gasteiger charge is 2.53. The van der Waals surface area contributed by atoms with E-state index in [0.29, 0.717) is 0 Å². The lowest BCUT2D eigenvalue weighted by Gasteiger charge is -2.51. The maximum atomic E-state index is 7.67. The summed E-state index contributed by atoms with van der Waals surface area (Å²) in [6.07, 6.45) is 11.2. The van der Waals surface area contributed by atoms with E-state index in [1.54, 1.807) is 13.4 Å². The van der Waals surface area contributed by atoms with Crippen LogP contribution in [-0.2, 0) is 19.8 Å². The first-order valence-electron chi connectivity index (χ1n) is 15.6. The summed E-state index contributed by atoms with van der Waals surface area (Å²) in [7, 11) is 1.71. The van der Waals surface area contributed by atoms with Crippen LogP contribution in [0.2, 0.25) is 0 Å². The van der Waals surface area contributed by atoms with E-state index in [1.165, 1.54) is 27.6 Å². The molecule has 0 spiro atoms. The first kappa shape index (κ1) is 27.2. The number of morpholine rings is 1. The second-order valence-electron chi connectivity index (χ2n) is 12.7. The van der Waals surface area contributed by atoms with Crippen molar-refractivity contribution in [3.05, 3.63) is 142 Å². The molecule has 2 aliphatic carbocycles. The summed E-state index contributed by atoms with van der Waals surface area (Å²) in [5, 5.41) is 2.30. The molecule has 0 N–H and O–H groups in total. The highest BCUT2D eigenvalue weighted by molar-refractivity contribution is 5.86. The molecule has 222 valence electrons. The van der Waals surface area contributed by atoms with E-state index in [-0.39, 0.29) is 11.5 Å². The van der Waals surface area contributed by atoms with E-state index in [0.717, 1.165) is 66.2 Å². The van der Waals surface area contributed by atoms with Crippen molar-refractivity contribution in [1.29, 1.82) is 0 Å². The Morgan fingerprint density at radius 1 is 0.864 bits per heavy atom. The van der Waals surface area contributed by atoms with E-state index < -0.39 is 5.60 Å². The van der Waals surface area contributed by atoms with Gasteiger partial charge in [0, 0.05) is 29.6 Å². The number of anilines is 1. The molecule has 0 radical (unpaired) electrons. The first-order valence-corrected chi connectivity index (χ1v) is 15.6. The fourth-order valence-electron chi connectivity index (χ4n) is 7.65. The average molecular weight is 584 g/mol. The Hall–Kier alpha value is -4.32. The molecule has 3 aromatic rings. The van der Waals surface area contributed by atoms with E-state index in [4.69, 9.17) is 18.9 Å². The predicted octanol–water partition coefficient (Wildman–Crippen LogP) is 5.90. The minimum Gasteiger partial charge on any atom is -0.497 e. The molecule has 0 bridgehead atoms. The largest absolute Gasteiger partial charge is 0.497 e. The molecule has 2 unspecified atom stereocenters. The van der Waals surface area contributed by atoms with Crippen LogP contribution in [0.3, 0.4) is 0 Å². The maximum absolute atomic E-state index is 7.67. The van der Waals surface area contributed by atoms with Gasteiger partial charge in [-0.05, 0) is 81.3 Å². The number of rotatable bonds is 4. The minimum atomic E-state index is -0.868. The lowest BCUT2D eigenvalue weighted by molar-refractivity contribution is -0.0140. The van der Waals surface area contributed by atoms with Gasteiger partial charge >= 0.3 is 0 Å². The molecule has 3 aliphatic heterocycles. The van der Waals surface area contributed by atoms with Gasteiger partial charge in [-0.25, -0.2) is 0 Å². The normalized spacial score (nSPS) is 24.9. The van der Waals surface area contributed by atoms with E-state index >= 15 is 0 Å². The Morgan fingerprint density at radius 3 is 2.30 bits per heavy atom. The minimum absolute atomic E-state index is 0.122. The second kappa shape index (κ2) is 10.4. The molecule has 1 saturated heterocycles. The van der Waals surface area contributed by atoms with E-state index in [2.05, 4.69) is 97.6 Å². The predicted molar refractivity (Wildman–Crippen MR) is 174 cm³/mol. The number of methoxy groups -OCH3 is 1. The van der Waals surface area contributed by atoms with Crippen molar-refractivity contribution < 1.29 is 18.9 Å². The molecule has 0 aromatic heterocycles. The molecule has 44 heavy (non-hydrogen) atoms. The van der Waals surface area contributed by atoms with Crippen LogP contribution in [0.4, 0.5) is 5.69 Å². The van der Waals surface area contributed by atoms with Crippen molar-refractivity contribution in [2.45, 2.75) is 32.0 Å². The summed E-state index contributed by atoms with van der Waals surface area (Å²) in [5.74, 6) is 1.69. The average Bonchev–Trinajstić information content (AvgIpc) is 3.08. The Kier molecular flexibility index (Phi) is 6.44. The van der Waals surface area contributed by atoms with E-state index in [9.17, 15) is 0 Å². The second-order valence-corrected chi connectivity index (χ2v) is 12.7.